The first-order valence-corrected chi connectivity index (χ1v) is 12.3. The molecule has 2 aromatic heterocycles. The van der Waals surface area contributed by atoms with E-state index in [1.54, 1.807) is 0 Å². The summed E-state index contributed by atoms with van der Waals surface area (Å²) in [6, 6.07) is 1.09. The summed E-state index contributed by atoms with van der Waals surface area (Å²) in [4.78, 5) is 14.7. The van der Waals surface area contributed by atoms with Crippen molar-refractivity contribution >= 4 is 22.7 Å². The third-order valence-electron chi connectivity index (χ3n) is 5.64. The molecule has 4 nitrogen and oxygen atoms in total. The number of likely N-dealkylation sites (N-methyl/N-ethyl adjacent to an activating group) is 1. The van der Waals surface area contributed by atoms with Gasteiger partial charge >= 0.3 is 0 Å². The average molecular weight is 421 g/mol. The predicted molar refractivity (Wildman–Crippen MR) is 122 cm³/mol. The van der Waals surface area contributed by atoms with Crippen molar-refractivity contribution in [3.05, 3.63) is 31.2 Å². The van der Waals surface area contributed by atoms with Gasteiger partial charge in [0.05, 0.1) is 21.4 Å². The third kappa shape index (κ3) is 5.21. The highest BCUT2D eigenvalue weighted by molar-refractivity contribution is 7.12. The van der Waals surface area contributed by atoms with Crippen LogP contribution in [-0.2, 0) is 25.7 Å². The van der Waals surface area contributed by atoms with Crippen molar-refractivity contribution in [2.75, 3.05) is 14.1 Å². The quantitative estimate of drug-likeness (QED) is 0.777. The number of aryl methyl sites for hydroxylation is 2. The molecule has 0 aromatic carbocycles. The van der Waals surface area contributed by atoms with Gasteiger partial charge in [-0.1, -0.05) is 27.7 Å². The zero-order chi connectivity index (χ0) is 20.4. The molecule has 0 saturated heterocycles. The molecule has 28 heavy (non-hydrogen) atoms. The Morgan fingerprint density at radius 1 is 0.857 bits per heavy atom. The minimum Gasteiger partial charge on any atom is -0.327 e. The number of fused-ring (bicyclic) bond motifs is 2. The fourth-order valence-corrected chi connectivity index (χ4v) is 6.12. The van der Waals surface area contributed by atoms with Crippen LogP contribution in [0.3, 0.4) is 0 Å². The lowest BCUT2D eigenvalue weighted by Crippen LogP contribution is -2.32. The lowest BCUT2D eigenvalue weighted by atomic mass is 9.97. The Balaban J connectivity index is 0.000000162. The number of aromatic nitrogens is 2. The molecule has 2 aromatic rings. The molecule has 156 valence electrons. The third-order valence-corrected chi connectivity index (χ3v) is 8.48. The molecule has 2 aliphatic carbocycles. The molecule has 0 amide bonds. The van der Waals surface area contributed by atoms with Crippen molar-refractivity contribution in [1.82, 2.24) is 14.9 Å². The number of thiazole rings is 2. The van der Waals surface area contributed by atoms with Gasteiger partial charge in [-0.25, -0.2) is 9.97 Å². The molecule has 2 aliphatic rings. The highest BCUT2D eigenvalue weighted by Gasteiger charge is 2.24. The van der Waals surface area contributed by atoms with Gasteiger partial charge in [0, 0.05) is 33.7 Å². The monoisotopic (exact) mass is 420 g/mol. The van der Waals surface area contributed by atoms with Gasteiger partial charge in [-0.2, -0.15) is 0 Å². The largest absolute Gasteiger partial charge is 0.327 e. The van der Waals surface area contributed by atoms with Crippen molar-refractivity contribution < 1.29 is 0 Å². The van der Waals surface area contributed by atoms with Crippen molar-refractivity contribution in [1.29, 1.82) is 0 Å². The van der Waals surface area contributed by atoms with Gasteiger partial charge in [-0.15, -0.1) is 22.7 Å². The molecule has 0 fully saturated rings. The van der Waals surface area contributed by atoms with E-state index in [-0.39, 0.29) is 0 Å². The Bertz CT molecular complexity index is 776. The summed E-state index contributed by atoms with van der Waals surface area (Å²) in [5.41, 5.74) is 8.61. The maximum Gasteiger partial charge on any atom is 0.0956 e. The molecule has 0 spiro atoms. The van der Waals surface area contributed by atoms with Crippen molar-refractivity contribution in [2.45, 2.75) is 90.1 Å². The van der Waals surface area contributed by atoms with Crippen LogP contribution in [0.15, 0.2) is 0 Å². The second-order valence-electron chi connectivity index (χ2n) is 9.02. The molecule has 2 unspecified atom stereocenters. The fourth-order valence-electron chi connectivity index (χ4n) is 3.73. The van der Waals surface area contributed by atoms with Gasteiger partial charge < -0.3 is 10.6 Å². The lowest BCUT2D eigenvalue weighted by molar-refractivity contribution is 0.269. The van der Waals surface area contributed by atoms with Crippen LogP contribution in [0, 0.1) is 0 Å². The number of nitrogens with zero attached hydrogens (tertiary/aromatic N) is 3. The first-order valence-electron chi connectivity index (χ1n) is 10.6. The number of rotatable bonds is 3. The summed E-state index contributed by atoms with van der Waals surface area (Å²) in [7, 11) is 4.36. The van der Waals surface area contributed by atoms with Crippen LogP contribution in [0.4, 0.5) is 0 Å². The van der Waals surface area contributed by atoms with Crippen LogP contribution in [0.1, 0.15) is 83.5 Å². The molecular weight excluding hydrogens is 384 g/mol. The van der Waals surface area contributed by atoms with Crippen LogP contribution in [0.2, 0.25) is 0 Å². The van der Waals surface area contributed by atoms with Crippen molar-refractivity contribution in [3.8, 4) is 0 Å². The topological polar surface area (TPSA) is 55.0 Å². The predicted octanol–water partition coefficient (Wildman–Crippen LogP) is 4.77. The summed E-state index contributed by atoms with van der Waals surface area (Å²) < 4.78 is 0. The number of hydrogen-bond acceptors (Lipinski definition) is 6. The van der Waals surface area contributed by atoms with Gasteiger partial charge in [-0.05, 0) is 52.6 Å². The van der Waals surface area contributed by atoms with Crippen LogP contribution in [0.25, 0.3) is 0 Å². The Kier molecular flexibility index (Phi) is 7.29. The fraction of sp³-hybridized carbons (Fsp3) is 0.727. The van der Waals surface area contributed by atoms with Gasteiger partial charge in [-0.3, -0.25) is 0 Å². The van der Waals surface area contributed by atoms with Crippen molar-refractivity contribution in [3.63, 3.8) is 0 Å². The van der Waals surface area contributed by atoms with E-state index in [0.717, 1.165) is 25.3 Å². The van der Waals surface area contributed by atoms with E-state index in [1.807, 2.05) is 22.7 Å². The van der Waals surface area contributed by atoms with Crippen LogP contribution < -0.4 is 5.73 Å². The summed E-state index contributed by atoms with van der Waals surface area (Å²) in [6.45, 7) is 8.86. The SMILES string of the molecule is CC(C)c1nc2c(s1)CC(N(C)C)CC2.CC(C)c1nc2c(s1)CC(N)CC2. The molecule has 2 atom stereocenters. The molecule has 0 aliphatic heterocycles. The molecule has 2 heterocycles. The Hall–Kier alpha value is -0.820. The summed E-state index contributed by atoms with van der Waals surface area (Å²) >= 11 is 3.78. The van der Waals surface area contributed by atoms with Crippen LogP contribution in [0.5, 0.6) is 0 Å². The Morgan fingerprint density at radius 3 is 1.86 bits per heavy atom. The highest BCUT2D eigenvalue weighted by atomic mass is 32.1. The summed E-state index contributed by atoms with van der Waals surface area (Å²) in [5, 5.41) is 2.60. The Labute approximate surface area is 178 Å². The second-order valence-corrected chi connectivity index (χ2v) is 11.2. The molecule has 0 saturated carbocycles. The van der Waals surface area contributed by atoms with Gasteiger partial charge in [0.15, 0.2) is 0 Å². The highest BCUT2D eigenvalue weighted by Crippen LogP contribution is 2.32. The number of hydrogen-bond donors (Lipinski definition) is 1. The zero-order valence-corrected chi connectivity index (χ0v) is 19.9. The van der Waals surface area contributed by atoms with Crippen molar-refractivity contribution in [2.24, 2.45) is 5.73 Å². The van der Waals surface area contributed by atoms with Crippen LogP contribution in [-0.4, -0.2) is 41.0 Å². The van der Waals surface area contributed by atoms with Crippen LogP contribution >= 0.6 is 22.7 Å². The van der Waals surface area contributed by atoms with E-state index in [0.29, 0.717) is 17.9 Å². The van der Waals surface area contributed by atoms with E-state index in [1.165, 1.54) is 50.4 Å². The van der Waals surface area contributed by atoms with E-state index < -0.39 is 0 Å². The van der Waals surface area contributed by atoms with E-state index in [9.17, 15) is 0 Å². The Morgan fingerprint density at radius 2 is 1.36 bits per heavy atom. The zero-order valence-electron chi connectivity index (χ0n) is 18.3. The van der Waals surface area contributed by atoms with E-state index in [4.69, 9.17) is 10.7 Å². The average Bonchev–Trinajstić information content (AvgIpc) is 3.25. The normalized spacial score (nSPS) is 21.5. The first-order chi connectivity index (χ1) is 13.2. The minimum absolute atomic E-state index is 0.368. The molecule has 0 bridgehead atoms. The maximum atomic E-state index is 5.91. The summed E-state index contributed by atoms with van der Waals surface area (Å²) in [5.74, 6) is 1.14. The lowest BCUT2D eigenvalue weighted by Gasteiger charge is -2.27. The van der Waals surface area contributed by atoms with E-state index >= 15 is 0 Å². The molecule has 4 rings (SSSR count). The number of nitrogens with two attached hydrogens (primary N) is 1. The maximum absolute atomic E-state index is 5.91. The van der Waals surface area contributed by atoms with Gasteiger partial charge in [0.1, 0.15) is 0 Å². The first kappa shape index (κ1) is 21.9. The molecular formula is C22H36N4S2. The molecule has 2 N–H and O–H groups in total. The minimum atomic E-state index is 0.368. The van der Waals surface area contributed by atoms with Gasteiger partial charge in [0.25, 0.3) is 0 Å². The smallest absolute Gasteiger partial charge is 0.0956 e. The molecule has 6 heteroatoms. The van der Waals surface area contributed by atoms with Gasteiger partial charge in [0.2, 0.25) is 0 Å². The van der Waals surface area contributed by atoms with E-state index in [2.05, 4.69) is 51.7 Å². The summed E-state index contributed by atoms with van der Waals surface area (Å²) in [6.07, 6.45) is 6.86. The molecule has 0 radical (unpaired) electrons. The second kappa shape index (κ2) is 9.33. The standard InChI is InChI=1S/C12H20N2S.C10H16N2S/c1-8(2)12-13-10-6-5-9(14(3)4)7-11(10)15-12;1-6(2)10-12-8-4-3-7(11)5-9(8)13-10/h8-9H,5-7H2,1-4H3;6-7H,3-5,11H2,1-2H3.